The van der Waals surface area contributed by atoms with E-state index in [9.17, 15) is 9.59 Å². The Labute approximate surface area is 134 Å². The number of benzene rings is 1. The van der Waals surface area contributed by atoms with Gasteiger partial charge in [0.1, 0.15) is 0 Å². The maximum atomic E-state index is 11.8. The van der Waals surface area contributed by atoms with Gasteiger partial charge in [-0.3, -0.25) is 9.59 Å². The summed E-state index contributed by atoms with van der Waals surface area (Å²) >= 11 is 7.32. The van der Waals surface area contributed by atoms with E-state index in [4.69, 9.17) is 16.7 Å². The monoisotopic (exact) mass is 329 g/mol. The van der Waals surface area contributed by atoms with Gasteiger partial charge in [0.25, 0.3) is 0 Å². The Morgan fingerprint density at radius 3 is 2.48 bits per heavy atom. The largest absolute Gasteiger partial charge is 0.481 e. The smallest absolute Gasteiger partial charge is 0.303 e. The van der Waals surface area contributed by atoms with Crippen molar-refractivity contribution in [3.63, 3.8) is 0 Å². The Kier molecular flexibility index (Phi) is 7.05. The molecule has 0 heterocycles. The molecule has 0 bridgehead atoms. The van der Waals surface area contributed by atoms with Crippen molar-refractivity contribution in [3.8, 4) is 0 Å². The Bertz CT molecular complexity index is 488. The molecule has 0 unspecified atom stereocenters. The molecular formula is C15H20ClNO3S. The number of hydrogen-bond acceptors (Lipinski definition) is 3. The van der Waals surface area contributed by atoms with Gasteiger partial charge < -0.3 is 10.4 Å². The second-order valence-electron chi connectivity index (χ2n) is 5.45. The lowest BCUT2D eigenvalue weighted by Gasteiger charge is -2.25. The molecule has 6 heteroatoms. The van der Waals surface area contributed by atoms with Crippen molar-refractivity contribution in [2.45, 2.75) is 38.0 Å². The molecule has 116 valence electrons. The molecular weight excluding hydrogens is 310 g/mol. The summed E-state index contributed by atoms with van der Waals surface area (Å²) in [5, 5.41) is 12.2. The van der Waals surface area contributed by atoms with Crippen LogP contribution >= 0.6 is 23.4 Å². The zero-order valence-corrected chi connectivity index (χ0v) is 13.8. The van der Waals surface area contributed by atoms with Gasteiger partial charge in [0.15, 0.2) is 0 Å². The highest BCUT2D eigenvalue weighted by Crippen LogP contribution is 2.16. The molecule has 1 rings (SSSR count). The number of nitrogens with one attached hydrogen (secondary N) is 1. The SMILES string of the molecule is CC(C)(CCC(=O)O)NC(=O)CSCc1ccc(Cl)cc1. The zero-order chi connectivity index (χ0) is 15.9. The van der Waals surface area contributed by atoms with Gasteiger partial charge in [-0.15, -0.1) is 11.8 Å². The predicted molar refractivity (Wildman–Crippen MR) is 86.7 cm³/mol. The highest BCUT2D eigenvalue weighted by atomic mass is 35.5. The molecule has 0 saturated heterocycles. The maximum Gasteiger partial charge on any atom is 0.303 e. The van der Waals surface area contributed by atoms with Crippen LogP contribution in [-0.2, 0) is 15.3 Å². The number of amides is 1. The zero-order valence-electron chi connectivity index (χ0n) is 12.2. The van der Waals surface area contributed by atoms with Crippen LogP contribution in [0.2, 0.25) is 5.02 Å². The van der Waals surface area contributed by atoms with Gasteiger partial charge in [-0.2, -0.15) is 0 Å². The van der Waals surface area contributed by atoms with Crippen LogP contribution < -0.4 is 5.32 Å². The summed E-state index contributed by atoms with van der Waals surface area (Å²) in [4.78, 5) is 22.4. The third kappa shape index (κ3) is 7.97. The van der Waals surface area contributed by atoms with Crippen molar-refractivity contribution in [1.29, 1.82) is 0 Å². The van der Waals surface area contributed by atoms with E-state index < -0.39 is 11.5 Å². The van der Waals surface area contributed by atoms with Crippen LogP contribution in [0.15, 0.2) is 24.3 Å². The lowest BCUT2D eigenvalue weighted by Crippen LogP contribution is -2.44. The van der Waals surface area contributed by atoms with Gasteiger partial charge in [0, 0.05) is 22.7 Å². The molecule has 0 aliphatic heterocycles. The van der Waals surface area contributed by atoms with E-state index in [1.54, 1.807) is 0 Å². The summed E-state index contributed by atoms with van der Waals surface area (Å²) in [6.45, 7) is 3.66. The fourth-order valence-corrected chi connectivity index (χ4v) is 2.65. The van der Waals surface area contributed by atoms with E-state index in [-0.39, 0.29) is 12.3 Å². The molecule has 0 aliphatic carbocycles. The minimum Gasteiger partial charge on any atom is -0.481 e. The molecule has 4 nitrogen and oxygen atoms in total. The fourth-order valence-electron chi connectivity index (χ4n) is 1.74. The molecule has 0 radical (unpaired) electrons. The number of carboxylic acid groups (broad SMARTS) is 1. The minimum absolute atomic E-state index is 0.0468. The maximum absolute atomic E-state index is 11.8. The third-order valence-corrected chi connectivity index (χ3v) is 4.11. The summed E-state index contributed by atoms with van der Waals surface area (Å²) in [7, 11) is 0. The van der Waals surface area contributed by atoms with Crippen molar-refractivity contribution in [2.24, 2.45) is 0 Å². The van der Waals surface area contributed by atoms with Gasteiger partial charge in [0.05, 0.1) is 5.75 Å². The van der Waals surface area contributed by atoms with E-state index in [0.717, 1.165) is 11.3 Å². The first kappa shape index (κ1) is 17.9. The van der Waals surface area contributed by atoms with Gasteiger partial charge in [-0.25, -0.2) is 0 Å². The Balaban J connectivity index is 2.30. The Morgan fingerprint density at radius 1 is 1.29 bits per heavy atom. The van der Waals surface area contributed by atoms with Crippen LogP contribution in [0.5, 0.6) is 0 Å². The van der Waals surface area contributed by atoms with Crippen molar-refractivity contribution >= 4 is 35.2 Å². The van der Waals surface area contributed by atoms with Gasteiger partial charge in [-0.05, 0) is 38.0 Å². The standard InChI is InChI=1S/C15H20ClNO3S/c1-15(2,8-7-14(19)20)17-13(18)10-21-9-11-3-5-12(16)6-4-11/h3-6H,7-10H2,1-2H3,(H,17,18)(H,19,20). The summed E-state index contributed by atoms with van der Waals surface area (Å²) in [5.74, 6) is 0.151. The number of hydrogen-bond donors (Lipinski definition) is 2. The molecule has 0 aromatic heterocycles. The average molecular weight is 330 g/mol. The molecule has 0 spiro atoms. The van der Waals surface area contributed by atoms with E-state index in [0.29, 0.717) is 17.2 Å². The average Bonchev–Trinajstić information content (AvgIpc) is 2.38. The van der Waals surface area contributed by atoms with E-state index in [2.05, 4.69) is 5.32 Å². The molecule has 0 atom stereocenters. The molecule has 0 aliphatic rings. The van der Waals surface area contributed by atoms with Crippen molar-refractivity contribution in [2.75, 3.05) is 5.75 Å². The molecule has 0 fully saturated rings. The number of carbonyl (C=O) groups is 2. The lowest BCUT2D eigenvalue weighted by molar-refractivity contribution is -0.137. The molecule has 1 aromatic rings. The third-order valence-electron chi connectivity index (χ3n) is 2.86. The Morgan fingerprint density at radius 2 is 1.90 bits per heavy atom. The van der Waals surface area contributed by atoms with Crippen molar-refractivity contribution in [1.82, 2.24) is 5.32 Å². The number of rotatable bonds is 8. The fraction of sp³-hybridized carbons (Fsp3) is 0.467. The first-order chi connectivity index (χ1) is 9.78. The van der Waals surface area contributed by atoms with E-state index in [1.807, 2.05) is 38.1 Å². The number of aliphatic carboxylic acids is 1. The highest BCUT2D eigenvalue weighted by Gasteiger charge is 2.21. The summed E-state index contributed by atoms with van der Waals surface area (Å²) < 4.78 is 0. The molecule has 21 heavy (non-hydrogen) atoms. The molecule has 0 saturated carbocycles. The minimum atomic E-state index is -0.852. The van der Waals surface area contributed by atoms with Crippen LogP contribution in [0, 0.1) is 0 Å². The summed E-state index contributed by atoms with van der Waals surface area (Å²) in [5.41, 5.74) is 0.610. The van der Waals surface area contributed by atoms with Crippen molar-refractivity contribution in [3.05, 3.63) is 34.9 Å². The second-order valence-corrected chi connectivity index (χ2v) is 6.87. The topological polar surface area (TPSA) is 66.4 Å². The number of carboxylic acids is 1. The first-order valence-electron chi connectivity index (χ1n) is 6.63. The van der Waals surface area contributed by atoms with Crippen LogP contribution in [0.3, 0.4) is 0 Å². The van der Waals surface area contributed by atoms with Gasteiger partial charge in [0.2, 0.25) is 5.91 Å². The Hall–Kier alpha value is -1.20. The first-order valence-corrected chi connectivity index (χ1v) is 8.17. The lowest BCUT2D eigenvalue weighted by atomic mass is 9.98. The van der Waals surface area contributed by atoms with Crippen LogP contribution in [0.1, 0.15) is 32.3 Å². The second kappa shape index (κ2) is 8.29. The summed E-state index contributed by atoms with van der Waals surface area (Å²) in [6, 6.07) is 7.52. The quantitative estimate of drug-likeness (QED) is 0.767. The highest BCUT2D eigenvalue weighted by molar-refractivity contribution is 7.99. The van der Waals surface area contributed by atoms with Crippen molar-refractivity contribution < 1.29 is 14.7 Å². The van der Waals surface area contributed by atoms with Gasteiger partial charge in [-0.1, -0.05) is 23.7 Å². The molecule has 1 aromatic carbocycles. The van der Waals surface area contributed by atoms with Crippen LogP contribution in [0.25, 0.3) is 0 Å². The molecule has 2 N–H and O–H groups in total. The molecule has 1 amide bonds. The van der Waals surface area contributed by atoms with Crippen LogP contribution in [0.4, 0.5) is 0 Å². The number of halogens is 1. The predicted octanol–water partition coefficient (Wildman–Crippen LogP) is 3.33. The summed E-state index contributed by atoms with van der Waals surface area (Å²) in [6.07, 6.45) is 0.459. The number of thioether (sulfide) groups is 1. The normalized spacial score (nSPS) is 11.2. The van der Waals surface area contributed by atoms with Crippen LogP contribution in [-0.4, -0.2) is 28.3 Å². The van der Waals surface area contributed by atoms with E-state index >= 15 is 0 Å². The van der Waals surface area contributed by atoms with E-state index in [1.165, 1.54) is 11.8 Å². The van der Waals surface area contributed by atoms with Gasteiger partial charge >= 0.3 is 5.97 Å². The number of carbonyl (C=O) groups excluding carboxylic acids is 1.